The van der Waals surface area contributed by atoms with Crippen molar-refractivity contribution in [2.24, 2.45) is 5.73 Å². The summed E-state index contributed by atoms with van der Waals surface area (Å²) >= 11 is 0. The Morgan fingerprint density at radius 2 is 1.57 bits per heavy atom. The summed E-state index contributed by atoms with van der Waals surface area (Å²) in [5.74, 6) is -1.36. The number of nitrogens with one attached hydrogen (secondary N) is 3. The van der Waals surface area contributed by atoms with E-state index in [2.05, 4.69) is 20.6 Å². The number of carbonyl (C=O) groups excluding carboxylic acids is 3. The average Bonchev–Trinajstić information content (AvgIpc) is 3.51. The lowest BCUT2D eigenvalue weighted by molar-refractivity contribution is -0.139. The fraction of sp³-hybridized carbons (Fsp3) is 0.323. The highest BCUT2D eigenvalue weighted by Gasteiger charge is 2.17. The van der Waals surface area contributed by atoms with Crippen LogP contribution in [0.5, 0.6) is 5.75 Å². The molecule has 0 radical (unpaired) electrons. The van der Waals surface area contributed by atoms with Crippen molar-refractivity contribution in [2.45, 2.75) is 46.4 Å². The van der Waals surface area contributed by atoms with E-state index in [1.165, 1.54) is 9.13 Å². The standard InChI is InChI=1S/C19H22N4O5.C12H15N3O4/c1-3-9-22-17-15(18(26)23(10-4-2)19(22)27)20-16(21-17)12-5-7-13(8-6-12)28-11-14(24)25;13-10(16)6-14-11(17)7-15-12(18)19-8-9-4-2-1-3-5-9/h5-8H,3-4,9-11H2,1-2H3,(H,20,21)(H,24,25);1-5H,6-8H2,(H2,13,16)(H,14,17)(H,15,18). The number of H-pyrrole nitrogens is 1. The van der Waals surface area contributed by atoms with E-state index in [4.69, 9.17) is 20.3 Å². The number of aromatic amines is 1. The molecule has 2 heterocycles. The van der Waals surface area contributed by atoms with Gasteiger partial charge in [-0.05, 0) is 42.7 Å². The van der Waals surface area contributed by atoms with E-state index in [9.17, 15) is 28.8 Å². The highest BCUT2D eigenvalue weighted by Crippen LogP contribution is 2.21. The molecule has 6 N–H and O–H groups in total. The Labute approximate surface area is 268 Å². The smallest absolute Gasteiger partial charge is 0.407 e. The number of fused-ring (bicyclic) bond motifs is 1. The van der Waals surface area contributed by atoms with Crippen molar-refractivity contribution in [1.29, 1.82) is 0 Å². The highest BCUT2D eigenvalue weighted by molar-refractivity contribution is 5.86. The Bertz CT molecular complexity index is 1800. The topological polar surface area (TPSA) is 230 Å². The zero-order valence-electron chi connectivity index (χ0n) is 26.0. The molecular formula is C31H37N7O9. The van der Waals surface area contributed by atoms with Gasteiger partial charge in [0.1, 0.15) is 30.2 Å². The van der Waals surface area contributed by atoms with Crippen molar-refractivity contribution in [2.75, 3.05) is 19.7 Å². The monoisotopic (exact) mass is 651 g/mol. The van der Waals surface area contributed by atoms with Crippen molar-refractivity contribution >= 4 is 35.0 Å². The van der Waals surface area contributed by atoms with E-state index in [1.54, 1.807) is 24.3 Å². The lowest BCUT2D eigenvalue weighted by atomic mass is 10.2. The van der Waals surface area contributed by atoms with Gasteiger partial charge in [-0.25, -0.2) is 19.4 Å². The molecule has 2 aromatic heterocycles. The summed E-state index contributed by atoms with van der Waals surface area (Å²) in [6.07, 6.45) is 0.695. The number of carbonyl (C=O) groups is 4. The number of carboxylic acid groups (broad SMARTS) is 1. The summed E-state index contributed by atoms with van der Waals surface area (Å²) in [7, 11) is 0. The van der Waals surface area contributed by atoms with E-state index < -0.39 is 30.5 Å². The van der Waals surface area contributed by atoms with Crippen LogP contribution in [0.1, 0.15) is 32.3 Å². The maximum absolute atomic E-state index is 12.7. The predicted octanol–water partition coefficient (Wildman–Crippen LogP) is 1.35. The Kier molecular flexibility index (Phi) is 13.3. The largest absolute Gasteiger partial charge is 0.482 e. The van der Waals surface area contributed by atoms with Gasteiger partial charge in [-0.15, -0.1) is 0 Å². The Balaban J connectivity index is 0.000000277. The molecule has 0 aliphatic heterocycles. The van der Waals surface area contributed by atoms with E-state index in [0.29, 0.717) is 47.8 Å². The first-order valence-corrected chi connectivity index (χ1v) is 14.7. The van der Waals surface area contributed by atoms with Crippen molar-refractivity contribution in [3.8, 4) is 17.1 Å². The quantitative estimate of drug-likeness (QED) is 0.131. The van der Waals surface area contributed by atoms with Crippen LogP contribution in [-0.2, 0) is 38.8 Å². The fourth-order valence-electron chi connectivity index (χ4n) is 4.18. The number of benzene rings is 2. The maximum Gasteiger partial charge on any atom is 0.407 e. The molecule has 0 fully saturated rings. The van der Waals surface area contributed by atoms with Crippen LogP contribution in [0, 0.1) is 0 Å². The van der Waals surface area contributed by atoms with E-state index in [0.717, 1.165) is 12.0 Å². The molecule has 250 valence electrons. The van der Waals surface area contributed by atoms with Crippen LogP contribution in [0.25, 0.3) is 22.6 Å². The minimum atomic E-state index is -1.06. The number of hydrogen-bond acceptors (Lipinski definition) is 9. The van der Waals surface area contributed by atoms with Crippen molar-refractivity contribution < 1.29 is 33.8 Å². The van der Waals surface area contributed by atoms with Gasteiger partial charge < -0.3 is 35.9 Å². The number of aromatic nitrogens is 4. The summed E-state index contributed by atoms with van der Waals surface area (Å²) in [5, 5.41) is 13.1. The molecule has 0 bridgehead atoms. The number of hydrogen-bond donors (Lipinski definition) is 5. The Hall–Kier alpha value is -5.93. The van der Waals surface area contributed by atoms with E-state index in [1.807, 2.05) is 44.2 Å². The van der Waals surface area contributed by atoms with Crippen LogP contribution in [0.4, 0.5) is 4.79 Å². The molecule has 2 aromatic carbocycles. The van der Waals surface area contributed by atoms with E-state index >= 15 is 0 Å². The van der Waals surface area contributed by atoms with Crippen LogP contribution >= 0.6 is 0 Å². The third-order valence-corrected chi connectivity index (χ3v) is 6.31. The first kappa shape index (κ1) is 35.5. The molecule has 0 atom stereocenters. The number of aliphatic carboxylic acids is 1. The van der Waals surface area contributed by atoms with Crippen LogP contribution in [0.3, 0.4) is 0 Å². The first-order valence-electron chi connectivity index (χ1n) is 14.7. The lowest BCUT2D eigenvalue weighted by Crippen LogP contribution is -2.40. The normalized spacial score (nSPS) is 10.4. The number of ether oxygens (including phenoxy) is 2. The molecule has 0 aliphatic rings. The number of carboxylic acids is 1. The number of aryl methyl sites for hydroxylation is 1. The average molecular weight is 652 g/mol. The van der Waals surface area contributed by atoms with Gasteiger partial charge in [0, 0.05) is 18.7 Å². The molecule has 16 heteroatoms. The molecule has 0 saturated carbocycles. The zero-order chi connectivity index (χ0) is 34.3. The van der Waals surface area contributed by atoms with Gasteiger partial charge in [0.2, 0.25) is 11.8 Å². The number of amides is 3. The Morgan fingerprint density at radius 3 is 2.19 bits per heavy atom. The van der Waals surface area contributed by atoms with Gasteiger partial charge in [-0.2, -0.15) is 0 Å². The molecule has 3 amide bonds. The number of primary amides is 1. The zero-order valence-corrected chi connectivity index (χ0v) is 26.0. The second-order valence-electron chi connectivity index (χ2n) is 10.0. The van der Waals surface area contributed by atoms with E-state index in [-0.39, 0.29) is 30.9 Å². The molecule has 0 saturated heterocycles. The van der Waals surface area contributed by atoms with Gasteiger partial charge in [-0.1, -0.05) is 44.2 Å². The number of imidazole rings is 1. The third kappa shape index (κ3) is 10.6. The van der Waals surface area contributed by atoms with Crippen molar-refractivity contribution in [3.05, 3.63) is 81.0 Å². The van der Waals surface area contributed by atoms with Crippen molar-refractivity contribution in [3.63, 3.8) is 0 Å². The van der Waals surface area contributed by atoms with Gasteiger partial charge >= 0.3 is 17.8 Å². The lowest BCUT2D eigenvalue weighted by Gasteiger charge is -2.09. The van der Waals surface area contributed by atoms with Crippen LogP contribution in [-0.4, -0.2) is 67.8 Å². The van der Waals surface area contributed by atoms with Crippen molar-refractivity contribution in [1.82, 2.24) is 29.7 Å². The molecule has 0 aliphatic carbocycles. The molecule has 4 rings (SSSR count). The first-order chi connectivity index (χ1) is 22.5. The molecule has 0 unspecified atom stereocenters. The SMILES string of the molecule is CCCn1c(=O)c2[nH]c(-c3ccc(OCC(=O)O)cc3)nc2n(CCC)c1=O.NC(=O)CNC(=O)CNC(=O)OCc1ccccc1. The van der Waals surface area contributed by atoms with Crippen LogP contribution in [0.15, 0.2) is 64.2 Å². The number of alkyl carbamates (subject to hydrolysis) is 1. The van der Waals surface area contributed by atoms with Crippen LogP contribution in [0.2, 0.25) is 0 Å². The fourth-order valence-corrected chi connectivity index (χ4v) is 4.18. The van der Waals surface area contributed by atoms with Crippen LogP contribution < -0.4 is 32.4 Å². The summed E-state index contributed by atoms with van der Waals surface area (Å²) in [4.78, 5) is 76.3. The van der Waals surface area contributed by atoms with Gasteiger partial charge in [0.05, 0.1) is 6.54 Å². The molecule has 16 nitrogen and oxygen atoms in total. The summed E-state index contributed by atoms with van der Waals surface area (Å²) in [5.41, 5.74) is 6.28. The summed E-state index contributed by atoms with van der Waals surface area (Å²) < 4.78 is 12.8. The maximum atomic E-state index is 12.7. The number of nitrogens with zero attached hydrogens (tertiary/aromatic N) is 3. The molecular weight excluding hydrogens is 614 g/mol. The number of nitrogens with two attached hydrogens (primary N) is 1. The minimum absolute atomic E-state index is 0.121. The predicted molar refractivity (Wildman–Crippen MR) is 171 cm³/mol. The second kappa shape index (κ2) is 17.5. The molecule has 0 spiro atoms. The minimum Gasteiger partial charge on any atom is -0.482 e. The highest BCUT2D eigenvalue weighted by atomic mass is 16.5. The molecule has 4 aromatic rings. The summed E-state index contributed by atoms with van der Waals surface area (Å²) in [6, 6.07) is 15.8. The second-order valence-corrected chi connectivity index (χ2v) is 10.0. The van der Waals surface area contributed by atoms with Gasteiger partial charge in [0.25, 0.3) is 5.56 Å². The third-order valence-electron chi connectivity index (χ3n) is 6.31. The van der Waals surface area contributed by atoms with Gasteiger partial charge in [0.15, 0.2) is 12.3 Å². The Morgan fingerprint density at radius 1 is 0.915 bits per heavy atom. The summed E-state index contributed by atoms with van der Waals surface area (Å²) in [6.45, 7) is 3.83. The van der Waals surface area contributed by atoms with Gasteiger partial charge in [-0.3, -0.25) is 23.5 Å². The number of rotatable bonds is 14. The molecule has 47 heavy (non-hydrogen) atoms.